The van der Waals surface area contributed by atoms with Gasteiger partial charge < -0.3 is 15.5 Å². The van der Waals surface area contributed by atoms with Crippen molar-refractivity contribution in [2.45, 2.75) is 31.7 Å². The summed E-state index contributed by atoms with van der Waals surface area (Å²) >= 11 is 0. The molecule has 1 aromatic rings. The van der Waals surface area contributed by atoms with Crippen molar-refractivity contribution in [2.75, 3.05) is 29.9 Å². The van der Waals surface area contributed by atoms with Gasteiger partial charge in [-0.25, -0.2) is 0 Å². The topological polar surface area (TPSA) is 44.4 Å². The molecule has 0 aromatic heterocycles. The molecule has 2 fully saturated rings. The highest BCUT2D eigenvalue weighted by atomic mass is 16.2. The van der Waals surface area contributed by atoms with E-state index in [0.29, 0.717) is 12.5 Å². The zero-order chi connectivity index (χ0) is 13.1. The molecule has 2 saturated heterocycles. The molecule has 4 nitrogen and oxygen atoms in total. The lowest BCUT2D eigenvalue weighted by Crippen LogP contribution is -2.38. The molecule has 2 aliphatic heterocycles. The first-order valence-corrected chi connectivity index (χ1v) is 7.20. The van der Waals surface area contributed by atoms with Crippen LogP contribution < -0.4 is 15.5 Å². The molecule has 0 aliphatic carbocycles. The number of hydrogen-bond acceptors (Lipinski definition) is 3. The Bertz CT molecular complexity index is 437. The fraction of sp³-hybridized carbons (Fsp3) is 0.533. The van der Waals surface area contributed by atoms with E-state index in [1.807, 2.05) is 17.0 Å². The quantitative estimate of drug-likeness (QED) is 0.872. The maximum atomic E-state index is 11.7. The van der Waals surface area contributed by atoms with Gasteiger partial charge >= 0.3 is 0 Å². The highest BCUT2D eigenvalue weighted by Crippen LogP contribution is 2.23. The number of piperidine rings is 1. The van der Waals surface area contributed by atoms with Gasteiger partial charge in [-0.05, 0) is 50.1 Å². The summed E-state index contributed by atoms with van der Waals surface area (Å²) in [6.07, 6.45) is 4.12. The number of anilines is 2. The molecular formula is C15H21N3O. The molecule has 0 spiro atoms. The molecular weight excluding hydrogens is 238 g/mol. The summed E-state index contributed by atoms with van der Waals surface area (Å²) in [6, 6.07) is 8.77. The van der Waals surface area contributed by atoms with E-state index in [1.54, 1.807) is 0 Å². The number of hydrogen-bond donors (Lipinski definition) is 2. The number of rotatable bonds is 3. The minimum atomic E-state index is 0.247. The summed E-state index contributed by atoms with van der Waals surface area (Å²) in [6.45, 7) is 3.03. The van der Waals surface area contributed by atoms with E-state index in [4.69, 9.17) is 0 Å². The Labute approximate surface area is 114 Å². The third-order valence-electron chi connectivity index (χ3n) is 3.92. The SMILES string of the molecule is O=C1CCCN1c1ccc(NC2CCCNC2)cc1. The first kappa shape index (κ1) is 12.5. The Kier molecular flexibility index (Phi) is 3.69. The van der Waals surface area contributed by atoms with Crippen LogP contribution in [0, 0.1) is 0 Å². The van der Waals surface area contributed by atoms with Crippen molar-refractivity contribution in [3.05, 3.63) is 24.3 Å². The maximum absolute atomic E-state index is 11.7. The van der Waals surface area contributed by atoms with Crippen LogP contribution in [0.1, 0.15) is 25.7 Å². The molecule has 2 N–H and O–H groups in total. The van der Waals surface area contributed by atoms with Crippen molar-refractivity contribution < 1.29 is 4.79 Å². The zero-order valence-corrected chi connectivity index (χ0v) is 11.2. The monoisotopic (exact) mass is 259 g/mol. The molecule has 3 rings (SSSR count). The van der Waals surface area contributed by atoms with E-state index in [1.165, 1.54) is 12.8 Å². The van der Waals surface area contributed by atoms with E-state index >= 15 is 0 Å². The van der Waals surface area contributed by atoms with Crippen LogP contribution in [0.25, 0.3) is 0 Å². The smallest absolute Gasteiger partial charge is 0.227 e. The van der Waals surface area contributed by atoms with Gasteiger partial charge in [0.1, 0.15) is 0 Å². The van der Waals surface area contributed by atoms with E-state index < -0.39 is 0 Å². The number of nitrogens with one attached hydrogen (secondary N) is 2. The van der Waals surface area contributed by atoms with Crippen LogP contribution in [-0.4, -0.2) is 31.6 Å². The summed E-state index contributed by atoms with van der Waals surface area (Å²) < 4.78 is 0. The lowest BCUT2D eigenvalue weighted by Gasteiger charge is -2.25. The van der Waals surface area contributed by atoms with Crippen molar-refractivity contribution in [2.24, 2.45) is 0 Å². The van der Waals surface area contributed by atoms with Crippen LogP contribution in [0.2, 0.25) is 0 Å². The zero-order valence-electron chi connectivity index (χ0n) is 11.2. The van der Waals surface area contributed by atoms with Crippen molar-refractivity contribution >= 4 is 17.3 Å². The molecule has 1 atom stereocenters. The standard InChI is InChI=1S/C15H21N3O/c19-15-4-2-10-18(15)14-7-5-12(6-8-14)17-13-3-1-9-16-11-13/h5-8,13,16-17H,1-4,9-11H2. The van der Waals surface area contributed by atoms with Gasteiger partial charge in [0.15, 0.2) is 0 Å². The highest BCUT2D eigenvalue weighted by molar-refractivity contribution is 5.95. The number of benzene rings is 1. The van der Waals surface area contributed by atoms with Gasteiger partial charge in [0.05, 0.1) is 0 Å². The number of carbonyl (C=O) groups excluding carboxylic acids is 1. The molecule has 19 heavy (non-hydrogen) atoms. The summed E-state index contributed by atoms with van der Waals surface area (Å²) in [5.41, 5.74) is 2.17. The van der Waals surface area contributed by atoms with Crippen molar-refractivity contribution in [3.63, 3.8) is 0 Å². The van der Waals surface area contributed by atoms with Crippen LogP contribution in [0.15, 0.2) is 24.3 Å². The molecule has 2 aliphatic rings. The third kappa shape index (κ3) is 2.89. The van der Waals surface area contributed by atoms with Gasteiger partial charge in [-0.3, -0.25) is 4.79 Å². The Hall–Kier alpha value is -1.55. The highest BCUT2D eigenvalue weighted by Gasteiger charge is 2.21. The average molecular weight is 259 g/mol. The van der Waals surface area contributed by atoms with Gasteiger partial charge in [-0.2, -0.15) is 0 Å². The van der Waals surface area contributed by atoms with Crippen LogP contribution in [0.3, 0.4) is 0 Å². The average Bonchev–Trinajstić information content (AvgIpc) is 2.87. The van der Waals surface area contributed by atoms with E-state index in [0.717, 1.165) is 37.4 Å². The molecule has 4 heteroatoms. The second kappa shape index (κ2) is 5.61. The number of carbonyl (C=O) groups is 1. The van der Waals surface area contributed by atoms with Crippen LogP contribution in [0.5, 0.6) is 0 Å². The summed E-state index contributed by atoms with van der Waals surface area (Å²) in [4.78, 5) is 13.6. The third-order valence-corrected chi connectivity index (χ3v) is 3.92. The lowest BCUT2D eigenvalue weighted by atomic mass is 10.1. The normalized spacial score (nSPS) is 23.7. The Morgan fingerprint density at radius 3 is 2.68 bits per heavy atom. The number of amides is 1. The van der Waals surface area contributed by atoms with Crippen molar-refractivity contribution in [3.8, 4) is 0 Å². The molecule has 102 valence electrons. The minimum absolute atomic E-state index is 0.247. The number of nitrogens with zero attached hydrogens (tertiary/aromatic N) is 1. The largest absolute Gasteiger partial charge is 0.381 e. The first-order valence-electron chi connectivity index (χ1n) is 7.20. The van der Waals surface area contributed by atoms with Crippen LogP contribution in [-0.2, 0) is 4.79 Å². The van der Waals surface area contributed by atoms with Crippen LogP contribution >= 0.6 is 0 Å². The van der Waals surface area contributed by atoms with E-state index in [9.17, 15) is 4.79 Å². The van der Waals surface area contributed by atoms with Gasteiger partial charge in [-0.1, -0.05) is 0 Å². The molecule has 0 bridgehead atoms. The molecule has 0 saturated carbocycles. The van der Waals surface area contributed by atoms with Gasteiger partial charge in [0.25, 0.3) is 0 Å². The molecule has 1 amide bonds. The summed E-state index contributed by atoms with van der Waals surface area (Å²) in [5.74, 6) is 0.247. The van der Waals surface area contributed by atoms with E-state index in [2.05, 4.69) is 22.8 Å². The second-order valence-electron chi connectivity index (χ2n) is 5.38. The minimum Gasteiger partial charge on any atom is -0.381 e. The summed E-state index contributed by atoms with van der Waals surface area (Å²) in [5, 5.41) is 6.95. The molecule has 1 unspecified atom stereocenters. The van der Waals surface area contributed by atoms with Crippen molar-refractivity contribution in [1.82, 2.24) is 5.32 Å². The fourth-order valence-corrected chi connectivity index (χ4v) is 2.87. The predicted octanol–water partition coefficient (Wildman–Crippen LogP) is 1.98. The molecule has 2 heterocycles. The van der Waals surface area contributed by atoms with Gasteiger partial charge in [0.2, 0.25) is 5.91 Å². The molecule has 1 aromatic carbocycles. The maximum Gasteiger partial charge on any atom is 0.227 e. The van der Waals surface area contributed by atoms with Gasteiger partial charge in [0, 0.05) is 36.9 Å². The van der Waals surface area contributed by atoms with Crippen LogP contribution in [0.4, 0.5) is 11.4 Å². The Morgan fingerprint density at radius 2 is 2.05 bits per heavy atom. The molecule has 0 radical (unpaired) electrons. The predicted molar refractivity (Wildman–Crippen MR) is 77.5 cm³/mol. The fourth-order valence-electron chi connectivity index (χ4n) is 2.87. The summed E-state index contributed by atoms with van der Waals surface area (Å²) in [7, 11) is 0. The van der Waals surface area contributed by atoms with Gasteiger partial charge in [-0.15, -0.1) is 0 Å². The second-order valence-corrected chi connectivity index (χ2v) is 5.38. The Balaban J connectivity index is 1.63. The van der Waals surface area contributed by atoms with Crippen molar-refractivity contribution in [1.29, 1.82) is 0 Å². The van der Waals surface area contributed by atoms with E-state index in [-0.39, 0.29) is 5.91 Å². The lowest BCUT2D eigenvalue weighted by molar-refractivity contribution is -0.117. The Morgan fingerprint density at radius 1 is 1.21 bits per heavy atom. The first-order chi connectivity index (χ1) is 9.33.